The highest BCUT2D eigenvalue weighted by Crippen LogP contribution is 2.46. The fourth-order valence-corrected chi connectivity index (χ4v) is 11.4. The Morgan fingerprint density at radius 2 is 1.48 bits per heavy atom. The van der Waals surface area contributed by atoms with Gasteiger partial charge in [0.25, 0.3) is 0 Å². The minimum Gasteiger partial charge on any atom is -0.497 e. The first-order valence-electron chi connectivity index (χ1n) is 16.9. The zero-order valence-corrected chi connectivity index (χ0v) is 29.5. The Balaban J connectivity index is 1.34. The molecule has 0 radical (unpaired) electrons. The number of hydrogen-bond acceptors (Lipinski definition) is 5. The van der Waals surface area contributed by atoms with Gasteiger partial charge in [-0.05, 0) is 71.8 Å². The lowest BCUT2D eigenvalue weighted by atomic mass is 9.95. The largest absolute Gasteiger partial charge is 0.497 e. The molecular weight excluding hydrogens is 617 g/mol. The molecule has 4 aromatic rings. The summed E-state index contributed by atoms with van der Waals surface area (Å²) >= 11 is 0. The fraction of sp³-hybridized carbons (Fsp3) is 0.350. The molecule has 0 spiro atoms. The Morgan fingerprint density at radius 1 is 0.854 bits per heavy atom. The molecule has 5 rings (SSSR count). The molecule has 1 saturated heterocycles. The number of para-hydroxylation sites is 1. The summed E-state index contributed by atoms with van der Waals surface area (Å²) in [6.07, 6.45) is 2.54. The molecule has 4 aromatic carbocycles. The van der Waals surface area contributed by atoms with Crippen LogP contribution in [0.2, 0.25) is 18.6 Å². The van der Waals surface area contributed by atoms with E-state index < -0.39 is 8.07 Å². The average molecular weight is 665 g/mol. The van der Waals surface area contributed by atoms with E-state index in [2.05, 4.69) is 44.3 Å². The van der Waals surface area contributed by atoms with Crippen LogP contribution in [0.5, 0.6) is 5.75 Å². The van der Waals surface area contributed by atoms with Crippen LogP contribution in [0.25, 0.3) is 0 Å². The Kier molecular flexibility index (Phi) is 11.9. The van der Waals surface area contributed by atoms with Crippen molar-refractivity contribution in [3.8, 4) is 5.75 Å². The number of ether oxygens (including phenoxy) is 2. The molecule has 48 heavy (non-hydrogen) atoms. The number of carbonyl (C=O) groups is 2. The van der Waals surface area contributed by atoms with Crippen molar-refractivity contribution >= 4 is 37.0 Å². The van der Waals surface area contributed by atoms with E-state index in [1.165, 1.54) is 10.8 Å². The van der Waals surface area contributed by atoms with Crippen LogP contribution >= 0.6 is 0 Å². The summed E-state index contributed by atoms with van der Waals surface area (Å²) in [6.45, 7) is 7.71. The molecule has 0 saturated carbocycles. The highest BCUT2D eigenvalue weighted by Gasteiger charge is 2.51. The SMILES string of the molecule is COc1ccc([Si](C)(C)[C@H]2[C@H](C)[C@H](CCc3ccc(N(C=O)c4ccccc4)cc3)O[C@@H]2CC(=O)N(CCO)Cc2ccccc2)cc1. The van der Waals surface area contributed by atoms with Crippen LogP contribution < -0.4 is 14.8 Å². The molecule has 1 aliphatic rings. The van der Waals surface area contributed by atoms with E-state index in [9.17, 15) is 14.7 Å². The molecule has 7 nitrogen and oxygen atoms in total. The van der Waals surface area contributed by atoms with Crippen LogP contribution in [0.3, 0.4) is 0 Å². The van der Waals surface area contributed by atoms with Gasteiger partial charge in [-0.1, -0.05) is 98.0 Å². The first-order chi connectivity index (χ1) is 23.2. The number of aliphatic hydroxyl groups is 1. The zero-order valence-electron chi connectivity index (χ0n) is 28.5. The van der Waals surface area contributed by atoms with Crippen molar-refractivity contribution in [3.63, 3.8) is 0 Å². The van der Waals surface area contributed by atoms with E-state index in [0.717, 1.165) is 41.9 Å². The summed E-state index contributed by atoms with van der Waals surface area (Å²) in [5, 5.41) is 11.1. The highest BCUT2D eigenvalue weighted by molar-refractivity contribution is 6.91. The molecular formula is C40H48N2O5Si. The van der Waals surface area contributed by atoms with Gasteiger partial charge in [0, 0.05) is 24.5 Å². The number of benzene rings is 4. The summed E-state index contributed by atoms with van der Waals surface area (Å²) in [6, 6.07) is 36.1. The van der Waals surface area contributed by atoms with Crippen LogP contribution in [0.4, 0.5) is 11.4 Å². The van der Waals surface area contributed by atoms with E-state index in [1.54, 1.807) is 16.9 Å². The smallest absolute Gasteiger partial charge is 0.225 e. The van der Waals surface area contributed by atoms with Crippen molar-refractivity contribution in [2.24, 2.45) is 5.92 Å². The lowest BCUT2D eigenvalue weighted by Gasteiger charge is -2.36. The summed E-state index contributed by atoms with van der Waals surface area (Å²) in [5.41, 5.74) is 4.06. The Hall–Kier alpha value is -4.24. The van der Waals surface area contributed by atoms with Crippen molar-refractivity contribution < 1.29 is 24.2 Å². The maximum atomic E-state index is 13.9. The highest BCUT2D eigenvalue weighted by atomic mass is 28.3. The summed E-state index contributed by atoms with van der Waals surface area (Å²) in [4.78, 5) is 29.2. The minimum atomic E-state index is -2.15. The van der Waals surface area contributed by atoms with Gasteiger partial charge in [0.05, 0.1) is 40.4 Å². The van der Waals surface area contributed by atoms with Gasteiger partial charge in [0.1, 0.15) is 5.75 Å². The normalized spacial score (nSPS) is 19.1. The van der Waals surface area contributed by atoms with Crippen molar-refractivity contribution in [3.05, 3.63) is 120 Å². The number of anilines is 2. The predicted molar refractivity (Wildman–Crippen MR) is 195 cm³/mol. The van der Waals surface area contributed by atoms with Gasteiger partial charge in [0.2, 0.25) is 12.3 Å². The maximum Gasteiger partial charge on any atom is 0.225 e. The third-order valence-electron chi connectivity index (χ3n) is 9.96. The molecule has 8 heteroatoms. The van der Waals surface area contributed by atoms with Gasteiger partial charge >= 0.3 is 0 Å². The van der Waals surface area contributed by atoms with Crippen LogP contribution in [0.1, 0.15) is 30.9 Å². The third kappa shape index (κ3) is 8.24. The van der Waals surface area contributed by atoms with Crippen LogP contribution in [-0.4, -0.2) is 62.9 Å². The van der Waals surface area contributed by atoms with Crippen LogP contribution in [-0.2, 0) is 27.3 Å². The Labute approximate surface area is 286 Å². The van der Waals surface area contributed by atoms with Gasteiger partial charge in [-0.2, -0.15) is 0 Å². The first kappa shape index (κ1) is 35.1. The fourth-order valence-electron chi connectivity index (χ4n) is 7.35. The molecule has 1 heterocycles. The quantitative estimate of drug-likeness (QED) is 0.113. The molecule has 1 aliphatic heterocycles. The van der Waals surface area contributed by atoms with Gasteiger partial charge in [-0.3, -0.25) is 14.5 Å². The van der Waals surface area contributed by atoms with Crippen molar-refractivity contribution in [1.82, 2.24) is 4.90 Å². The van der Waals surface area contributed by atoms with Crippen molar-refractivity contribution in [2.75, 3.05) is 25.2 Å². The van der Waals surface area contributed by atoms with E-state index in [0.29, 0.717) is 6.54 Å². The topological polar surface area (TPSA) is 79.3 Å². The van der Waals surface area contributed by atoms with E-state index in [1.807, 2.05) is 84.9 Å². The maximum absolute atomic E-state index is 13.9. The molecule has 0 aromatic heterocycles. The lowest BCUT2D eigenvalue weighted by molar-refractivity contribution is -0.135. The number of hydrogen-bond donors (Lipinski definition) is 1. The molecule has 1 fully saturated rings. The lowest BCUT2D eigenvalue weighted by Crippen LogP contribution is -2.51. The average Bonchev–Trinajstić information content (AvgIpc) is 3.43. The monoisotopic (exact) mass is 664 g/mol. The number of methoxy groups -OCH3 is 1. The zero-order chi connectivity index (χ0) is 34.1. The number of carbonyl (C=O) groups excluding carboxylic acids is 2. The first-order valence-corrected chi connectivity index (χ1v) is 19.9. The Morgan fingerprint density at radius 3 is 2.08 bits per heavy atom. The molecule has 0 aliphatic carbocycles. The second-order valence-corrected chi connectivity index (χ2v) is 18.0. The molecule has 252 valence electrons. The van der Waals surface area contributed by atoms with Crippen molar-refractivity contribution in [1.29, 1.82) is 0 Å². The Bertz CT molecular complexity index is 1600. The molecule has 0 bridgehead atoms. The number of rotatable bonds is 15. The summed E-state index contributed by atoms with van der Waals surface area (Å²) < 4.78 is 12.3. The number of nitrogens with zero attached hydrogens (tertiary/aromatic N) is 2. The number of aliphatic hydroxyl groups excluding tert-OH is 1. The molecule has 2 amide bonds. The standard InChI is InChI=1S/C40H48N2O5Si/c1-30-37(24-17-31-15-18-34(19-16-31)42(29-44)33-13-9-6-10-14-33)47-38(40(30)48(3,4)36-22-20-35(46-2)21-23-36)27-39(45)41(25-26-43)28-32-11-7-5-8-12-32/h5-16,18-23,29-30,37-38,40,43H,17,24-28H2,1-4H3/t30-,37+,38-,40+/m1/s1. The van der Waals surface area contributed by atoms with Gasteiger partial charge in [-0.15, -0.1) is 0 Å². The molecule has 0 unspecified atom stereocenters. The predicted octanol–water partition coefficient (Wildman–Crippen LogP) is 6.72. The van der Waals surface area contributed by atoms with Gasteiger partial charge in [0.15, 0.2) is 0 Å². The number of amides is 2. The van der Waals surface area contributed by atoms with Crippen molar-refractivity contribution in [2.45, 2.75) is 63.6 Å². The molecule has 4 atom stereocenters. The number of aryl methyl sites for hydroxylation is 1. The third-order valence-corrected chi connectivity index (χ3v) is 14.3. The van der Waals surface area contributed by atoms with E-state index in [4.69, 9.17) is 9.47 Å². The van der Waals surface area contributed by atoms with Gasteiger partial charge < -0.3 is 19.5 Å². The molecule has 1 N–H and O–H groups in total. The van der Waals surface area contributed by atoms with E-state index >= 15 is 0 Å². The minimum absolute atomic E-state index is 0.00372. The van der Waals surface area contributed by atoms with Crippen LogP contribution in [0.15, 0.2) is 109 Å². The van der Waals surface area contributed by atoms with E-state index in [-0.39, 0.29) is 49.1 Å². The van der Waals surface area contributed by atoms with Gasteiger partial charge in [-0.25, -0.2) is 0 Å². The van der Waals surface area contributed by atoms with Crippen LogP contribution in [0, 0.1) is 5.92 Å². The summed E-state index contributed by atoms with van der Waals surface area (Å²) in [5.74, 6) is 1.08. The second kappa shape index (κ2) is 16.2. The summed E-state index contributed by atoms with van der Waals surface area (Å²) in [7, 11) is -0.468. The second-order valence-electron chi connectivity index (χ2n) is 13.3.